The van der Waals surface area contributed by atoms with Crippen molar-refractivity contribution >= 4 is 11.9 Å². The molecule has 1 aliphatic carbocycles. The first-order valence-electron chi connectivity index (χ1n) is 9.15. The Hall–Kier alpha value is -1.84. The molecule has 4 nitrogen and oxygen atoms in total. The van der Waals surface area contributed by atoms with Crippen LogP contribution in [0.3, 0.4) is 0 Å². The lowest BCUT2D eigenvalue weighted by molar-refractivity contribution is -0.164. The number of hydrogen-bond acceptors (Lipinski definition) is 4. The molecule has 25 heavy (non-hydrogen) atoms. The topological polar surface area (TPSA) is 52.6 Å². The normalized spacial score (nSPS) is 16.8. The van der Waals surface area contributed by atoms with Crippen LogP contribution in [0.5, 0.6) is 0 Å². The van der Waals surface area contributed by atoms with E-state index in [1.165, 1.54) is 0 Å². The van der Waals surface area contributed by atoms with Crippen molar-refractivity contribution < 1.29 is 19.1 Å². The largest absolute Gasteiger partial charge is 0.465 e. The highest BCUT2D eigenvalue weighted by molar-refractivity contribution is 5.80. The lowest BCUT2D eigenvalue weighted by Crippen LogP contribution is -2.38. The molecule has 1 aromatic carbocycles. The fourth-order valence-corrected chi connectivity index (χ4v) is 2.96. The summed E-state index contributed by atoms with van der Waals surface area (Å²) in [5.74, 6) is 0.0463. The maximum Gasteiger partial charge on any atom is 0.312 e. The van der Waals surface area contributed by atoms with Crippen LogP contribution in [0.15, 0.2) is 30.3 Å². The van der Waals surface area contributed by atoms with Crippen LogP contribution in [-0.2, 0) is 25.7 Å². The Labute approximate surface area is 150 Å². The molecular formula is C21H30O4. The molecule has 0 saturated heterocycles. The van der Waals surface area contributed by atoms with Crippen molar-refractivity contribution in [2.24, 2.45) is 16.7 Å². The minimum atomic E-state index is -0.717. The van der Waals surface area contributed by atoms with E-state index < -0.39 is 10.8 Å². The average molecular weight is 346 g/mol. The third-order valence-corrected chi connectivity index (χ3v) is 5.02. The summed E-state index contributed by atoms with van der Waals surface area (Å²) in [6.45, 7) is 8.28. The molecule has 0 spiro atoms. The van der Waals surface area contributed by atoms with Crippen LogP contribution in [0, 0.1) is 16.7 Å². The van der Waals surface area contributed by atoms with Crippen molar-refractivity contribution in [1.29, 1.82) is 0 Å². The maximum atomic E-state index is 12.7. The van der Waals surface area contributed by atoms with Crippen molar-refractivity contribution in [3.63, 3.8) is 0 Å². The zero-order chi connectivity index (χ0) is 18.5. The molecule has 138 valence electrons. The summed E-state index contributed by atoms with van der Waals surface area (Å²) in [6, 6.07) is 9.62. The molecule has 0 aromatic heterocycles. The predicted octanol–water partition coefficient (Wildman–Crippen LogP) is 4.52. The zero-order valence-electron chi connectivity index (χ0n) is 15.8. The second kappa shape index (κ2) is 8.03. The van der Waals surface area contributed by atoms with Gasteiger partial charge in [-0.3, -0.25) is 9.59 Å². The van der Waals surface area contributed by atoms with Crippen molar-refractivity contribution in [1.82, 2.24) is 0 Å². The Bertz CT molecular complexity index is 589. The Morgan fingerprint density at radius 1 is 1.04 bits per heavy atom. The molecule has 1 saturated carbocycles. The number of carbonyl (C=O) groups excluding carboxylic acids is 2. The van der Waals surface area contributed by atoms with E-state index in [9.17, 15) is 9.59 Å². The van der Waals surface area contributed by atoms with Gasteiger partial charge in [0.1, 0.15) is 6.61 Å². The molecule has 0 heterocycles. The molecule has 1 unspecified atom stereocenters. The van der Waals surface area contributed by atoms with Gasteiger partial charge in [-0.05, 0) is 57.9 Å². The van der Waals surface area contributed by atoms with Crippen LogP contribution in [-0.4, -0.2) is 18.5 Å². The lowest BCUT2D eigenvalue weighted by atomic mass is 9.72. The average Bonchev–Trinajstić information content (AvgIpc) is 3.42. The lowest BCUT2D eigenvalue weighted by Gasteiger charge is -2.33. The van der Waals surface area contributed by atoms with Crippen molar-refractivity contribution in [2.45, 2.75) is 60.0 Å². The Balaban J connectivity index is 1.94. The molecule has 1 fully saturated rings. The standard InChI is InChI=1S/C21H30O4/c1-5-21(4,19(23)25-13-16-9-7-6-8-10-16)15-20(2,3)18(22)24-14-17-11-12-17/h6-10,17H,5,11-15H2,1-4H3. The minimum absolute atomic E-state index is 0.227. The van der Waals surface area contributed by atoms with Gasteiger partial charge in [-0.1, -0.05) is 37.3 Å². The summed E-state index contributed by atoms with van der Waals surface area (Å²) in [5.41, 5.74) is -0.472. The van der Waals surface area contributed by atoms with E-state index in [-0.39, 0.29) is 18.5 Å². The predicted molar refractivity (Wildman–Crippen MR) is 96.7 cm³/mol. The van der Waals surface area contributed by atoms with Crippen LogP contribution >= 0.6 is 0 Å². The Kier molecular flexibility index (Phi) is 6.26. The first-order chi connectivity index (χ1) is 11.8. The van der Waals surface area contributed by atoms with E-state index in [0.29, 0.717) is 25.4 Å². The van der Waals surface area contributed by atoms with E-state index in [1.54, 1.807) is 0 Å². The third kappa shape index (κ3) is 5.58. The fraction of sp³-hybridized carbons (Fsp3) is 0.619. The molecule has 1 aliphatic rings. The number of hydrogen-bond donors (Lipinski definition) is 0. The molecule has 1 aromatic rings. The summed E-state index contributed by atoms with van der Waals surface area (Å²) < 4.78 is 11.0. The van der Waals surface area contributed by atoms with E-state index in [4.69, 9.17) is 9.47 Å². The van der Waals surface area contributed by atoms with Crippen molar-refractivity contribution in [3.05, 3.63) is 35.9 Å². The van der Waals surface area contributed by atoms with E-state index in [1.807, 2.05) is 58.0 Å². The van der Waals surface area contributed by atoms with Crippen LogP contribution in [0.2, 0.25) is 0 Å². The van der Waals surface area contributed by atoms with Gasteiger partial charge in [0.05, 0.1) is 17.4 Å². The molecule has 4 heteroatoms. The van der Waals surface area contributed by atoms with Gasteiger partial charge in [0.15, 0.2) is 0 Å². The van der Waals surface area contributed by atoms with Crippen LogP contribution in [0.25, 0.3) is 0 Å². The quantitative estimate of drug-likeness (QED) is 0.617. The van der Waals surface area contributed by atoms with Crippen LogP contribution in [0.4, 0.5) is 0 Å². The summed E-state index contributed by atoms with van der Waals surface area (Å²) in [7, 11) is 0. The molecule has 0 amide bonds. The van der Waals surface area contributed by atoms with E-state index in [0.717, 1.165) is 18.4 Å². The highest BCUT2D eigenvalue weighted by Crippen LogP contribution is 2.39. The zero-order valence-corrected chi connectivity index (χ0v) is 15.8. The number of carbonyl (C=O) groups is 2. The maximum absolute atomic E-state index is 12.7. The summed E-state index contributed by atoms with van der Waals surface area (Å²) in [4.78, 5) is 25.1. The summed E-state index contributed by atoms with van der Waals surface area (Å²) in [5, 5.41) is 0. The second-order valence-corrected chi connectivity index (χ2v) is 8.08. The molecule has 1 atom stereocenters. The van der Waals surface area contributed by atoms with Gasteiger partial charge in [0.2, 0.25) is 0 Å². The van der Waals surface area contributed by atoms with Crippen LogP contribution in [0.1, 0.15) is 58.9 Å². The number of benzene rings is 1. The fourth-order valence-electron chi connectivity index (χ4n) is 2.96. The second-order valence-electron chi connectivity index (χ2n) is 8.08. The molecule has 0 N–H and O–H groups in total. The van der Waals surface area contributed by atoms with Crippen molar-refractivity contribution in [3.8, 4) is 0 Å². The van der Waals surface area contributed by atoms with E-state index >= 15 is 0 Å². The first-order valence-corrected chi connectivity index (χ1v) is 9.15. The SMILES string of the molecule is CCC(C)(CC(C)(C)C(=O)OCC1CC1)C(=O)OCc1ccccc1. The molecule has 2 rings (SSSR count). The van der Waals surface area contributed by atoms with Crippen LogP contribution < -0.4 is 0 Å². The Morgan fingerprint density at radius 2 is 1.68 bits per heavy atom. The number of ether oxygens (including phenoxy) is 2. The smallest absolute Gasteiger partial charge is 0.312 e. The van der Waals surface area contributed by atoms with Gasteiger partial charge < -0.3 is 9.47 Å². The highest BCUT2D eigenvalue weighted by Gasteiger charge is 2.43. The van der Waals surface area contributed by atoms with Gasteiger partial charge in [0, 0.05) is 0 Å². The van der Waals surface area contributed by atoms with Gasteiger partial charge in [-0.15, -0.1) is 0 Å². The molecule has 0 aliphatic heterocycles. The third-order valence-electron chi connectivity index (χ3n) is 5.02. The molecule has 0 radical (unpaired) electrons. The summed E-state index contributed by atoms with van der Waals surface area (Å²) in [6.07, 6.45) is 3.31. The minimum Gasteiger partial charge on any atom is -0.465 e. The van der Waals surface area contributed by atoms with Gasteiger partial charge >= 0.3 is 11.9 Å². The van der Waals surface area contributed by atoms with Crippen molar-refractivity contribution in [2.75, 3.05) is 6.61 Å². The molecular weight excluding hydrogens is 316 g/mol. The Morgan fingerprint density at radius 3 is 2.24 bits per heavy atom. The number of esters is 2. The van der Waals surface area contributed by atoms with Gasteiger partial charge in [0.25, 0.3) is 0 Å². The monoisotopic (exact) mass is 346 g/mol. The highest BCUT2D eigenvalue weighted by atomic mass is 16.5. The first kappa shape index (κ1) is 19.5. The van der Waals surface area contributed by atoms with Gasteiger partial charge in [-0.25, -0.2) is 0 Å². The van der Waals surface area contributed by atoms with Gasteiger partial charge in [-0.2, -0.15) is 0 Å². The van der Waals surface area contributed by atoms with E-state index in [2.05, 4.69) is 0 Å². The number of rotatable bonds is 9. The summed E-state index contributed by atoms with van der Waals surface area (Å²) >= 11 is 0. The molecule has 0 bridgehead atoms.